The predicted molar refractivity (Wildman–Crippen MR) is 69.4 cm³/mol. The number of rotatable bonds is 2. The molecule has 1 aliphatic heterocycles. The first-order valence-corrected chi connectivity index (χ1v) is 6.22. The fourth-order valence-corrected chi connectivity index (χ4v) is 2.41. The smallest absolute Gasteiger partial charge is 0.0677 e. The van der Waals surface area contributed by atoms with Crippen LogP contribution in [0, 0.1) is 6.07 Å². The van der Waals surface area contributed by atoms with Crippen molar-refractivity contribution in [2.75, 3.05) is 38.1 Å². The van der Waals surface area contributed by atoms with Crippen LogP contribution in [-0.2, 0) is 6.42 Å². The fraction of sp³-hybridized carbons (Fsp3) is 0.538. The van der Waals surface area contributed by atoms with Crippen molar-refractivity contribution in [1.29, 1.82) is 0 Å². The Morgan fingerprint density at radius 1 is 1.31 bits per heavy atom. The Morgan fingerprint density at radius 2 is 2.00 bits per heavy atom. The molecule has 0 spiro atoms. The Bertz CT molecular complexity index is 357. The molecule has 2 rings (SSSR count). The molecule has 1 aromatic carbocycles. The summed E-state index contributed by atoms with van der Waals surface area (Å²) in [5.74, 6) is 0. The number of hydrogen-bond acceptors (Lipinski definition) is 2. The zero-order valence-electron chi connectivity index (χ0n) is 9.96. The third-order valence-electron chi connectivity index (χ3n) is 3.19. The van der Waals surface area contributed by atoms with Gasteiger partial charge in [-0.3, -0.25) is 0 Å². The number of anilines is 1. The Labute approximate surface area is 103 Å². The molecule has 3 heteroatoms. The highest BCUT2D eigenvalue weighted by Gasteiger charge is 2.17. The lowest BCUT2D eigenvalue weighted by Crippen LogP contribution is -2.44. The van der Waals surface area contributed by atoms with E-state index in [1.54, 1.807) is 0 Å². The Balaban J connectivity index is 2.20. The molecule has 87 valence electrons. The number of likely N-dealkylation sites (N-methyl/N-ethyl adjacent to an activating group) is 1. The Hall–Kier alpha value is -0.730. The summed E-state index contributed by atoms with van der Waals surface area (Å²) in [4.78, 5) is 4.68. The van der Waals surface area contributed by atoms with Crippen molar-refractivity contribution in [3.8, 4) is 0 Å². The summed E-state index contributed by atoms with van der Waals surface area (Å²) in [6.45, 7) is 6.41. The van der Waals surface area contributed by atoms with E-state index in [2.05, 4.69) is 35.9 Å². The summed E-state index contributed by atoms with van der Waals surface area (Å²) in [6.07, 6.45) is 0.980. The molecule has 0 aliphatic carbocycles. The standard InChI is InChI=1S/C13H18ClN2/c1-3-11-5-4-6-12(13(11)14)16-9-7-15(2)8-10-16/h4-5H,3,7-10H2,1-2H3. The molecule has 1 aliphatic rings. The Morgan fingerprint density at radius 3 is 2.62 bits per heavy atom. The van der Waals surface area contributed by atoms with E-state index in [0.29, 0.717) is 0 Å². The van der Waals surface area contributed by atoms with Crippen molar-refractivity contribution < 1.29 is 0 Å². The molecule has 0 atom stereocenters. The second-order valence-corrected chi connectivity index (χ2v) is 4.69. The van der Waals surface area contributed by atoms with Crippen LogP contribution in [0.5, 0.6) is 0 Å². The third kappa shape index (κ3) is 2.33. The minimum Gasteiger partial charge on any atom is -0.367 e. The number of benzene rings is 1. The van der Waals surface area contributed by atoms with Crippen LogP contribution in [0.15, 0.2) is 12.1 Å². The van der Waals surface area contributed by atoms with Gasteiger partial charge in [0.05, 0.1) is 10.7 Å². The van der Waals surface area contributed by atoms with Gasteiger partial charge >= 0.3 is 0 Å². The van der Waals surface area contributed by atoms with Gasteiger partial charge in [-0.05, 0) is 19.0 Å². The van der Waals surface area contributed by atoms with Gasteiger partial charge in [0.1, 0.15) is 0 Å². The van der Waals surface area contributed by atoms with Crippen molar-refractivity contribution in [3.05, 3.63) is 28.8 Å². The molecule has 0 N–H and O–H groups in total. The van der Waals surface area contributed by atoms with Crippen LogP contribution < -0.4 is 4.90 Å². The van der Waals surface area contributed by atoms with Crippen molar-refractivity contribution in [3.63, 3.8) is 0 Å². The van der Waals surface area contributed by atoms with Gasteiger partial charge in [0, 0.05) is 32.2 Å². The third-order valence-corrected chi connectivity index (χ3v) is 3.62. The van der Waals surface area contributed by atoms with Crippen LogP contribution >= 0.6 is 11.6 Å². The minimum atomic E-state index is 0.884. The molecule has 1 aromatic rings. The molecular formula is C13H18ClN2. The molecule has 1 saturated heterocycles. The van der Waals surface area contributed by atoms with Gasteiger partial charge in [0.25, 0.3) is 0 Å². The first kappa shape index (κ1) is 11.7. The summed E-state index contributed by atoms with van der Waals surface area (Å²) in [7, 11) is 2.16. The molecule has 0 bridgehead atoms. The number of nitrogens with zero attached hydrogens (tertiary/aromatic N) is 2. The minimum absolute atomic E-state index is 0.884. The topological polar surface area (TPSA) is 6.48 Å². The molecule has 0 saturated carbocycles. The van der Waals surface area contributed by atoms with Gasteiger partial charge in [-0.15, -0.1) is 0 Å². The largest absolute Gasteiger partial charge is 0.367 e. The number of piperazine rings is 1. The van der Waals surface area contributed by atoms with Crippen LogP contribution in [0.4, 0.5) is 5.69 Å². The summed E-state index contributed by atoms with van der Waals surface area (Å²) in [5.41, 5.74) is 2.29. The van der Waals surface area contributed by atoms with Crippen LogP contribution in [-0.4, -0.2) is 38.1 Å². The van der Waals surface area contributed by atoms with Crippen molar-refractivity contribution >= 4 is 17.3 Å². The molecule has 16 heavy (non-hydrogen) atoms. The molecule has 0 unspecified atom stereocenters. The number of halogens is 1. The average Bonchev–Trinajstić information content (AvgIpc) is 2.31. The zero-order chi connectivity index (χ0) is 11.5. The van der Waals surface area contributed by atoms with Gasteiger partial charge < -0.3 is 9.80 Å². The van der Waals surface area contributed by atoms with E-state index in [-0.39, 0.29) is 0 Å². The monoisotopic (exact) mass is 237 g/mol. The lowest BCUT2D eigenvalue weighted by Gasteiger charge is -2.34. The number of aryl methyl sites for hydroxylation is 1. The molecule has 2 nitrogen and oxygen atoms in total. The lowest BCUT2D eigenvalue weighted by molar-refractivity contribution is 0.313. The fourth-order valence-electron chi connectivity index (χ4n) is 2.04. The molecule has 1 fully saturated rings. The summed E-state index contributed by atoms with van der Waals surface area (Å²) < 4.78 is 0. The van der Waals surface area contributed by atoms with E-state index < -0.39 is 0 Å². The van der Waals surface area contributed by atoms with Gasteiger partial charge in [-0.2, -0.15) is 0 Å². The van der Waals surface area contributed by atoms with Gasteiger partial charge in [0.15, 0.2) is 0 Å². The van der Waals surface area contributed by atoms with E-state index in [1.807, 2.05) is 6.07 Å². The van der Waals surface area contributed by atoms with E-state index in [4.69, 9.17) is 11.6 Å². The van der Waals surface area contributed by atoms with Crippen LogP contribution in [0.2, 0.25) is 5.02 Å². The van der Waals surface area contributed by atoms with Crippen LogP contribution in [0.1, 0.15) is 12.5 Å². The molecular weight excluding hydrogens is 220 g/mol. The van der Waals surface area contributed by atoms with Gasteiger partial charge in [0.2, 0.25) is 0 Å². The number of hydrogen-bond donors (Lipinski definition) is 0. The lowest BCUT2D eigenvalue weighted by atomic mass is 10.1. The highest BCUT2D eigenvalue weighted by atomic mass is 35.5. The predicted octanol–water partition coefficient (Wildman–Crippen LogP) is 2.45. The first-order valence-electron chi connectivity index (χ1n) is 5.85. The maximum atomic E-state index is 6.39. The van der Waals surface area contributed by atoms with E-state index in [0.717, 1.165) is 43.3 Å². The summed E-state index contributed by atoms with van der Waals surface area (Å²) in [6, 6.07) is 7.31. The second-order valence-electron chi connectivity index (χ2n) is 4.31. The summed E-state index contributed by atoms with van der Waals surface area (Å²) >= 11 is 6.39. The molecule has 0 amide bonds. The van der Waals surface area contributed by atoms with Crippen LogP contribution in [0.25, 0.3) is 0 Å². The highest BCUT2D eigenvalue weighted by molar-refractivity contribution is 6.34. The highest BCUT2D eigenvalue weighted by Crippen LogP contribution is 2.29. The zero-order valence-corrected chi connectivity index (χ0v) is 10.7. The Kier molecular flexibility index (Phi) is 3.72. The average molecular weight is 238 g/mol. The molecule has 1 heterocycles. The van der Waals surface area contributed by atoms with Crippen LogP contribution in [0.3, 0.4) is 0 Å². The SMILES string of the molecule is CCc1cc[c]c(N2CCN(C)CC2)c1Cl. The quantitative estimate of drug-likeness (QED) is 0.780. The van der Waals surface area contributed by atoms with E-state index in [1.165, 1.54) is 5.56 Å². The molecule has 0 aromatic heterocycles. The van der Waals surface area contributed by atoms with Crippen molar-refractivity contribution in [1.82, 2.24) is 4.90 Å². The van der Waals surface area contributed by atoms with E-state index in [9.17, 15) is 0 Å². The molecule has 1 radical (unpaired) electrons. The summed E-state index contributed by atoms with van der Waals surface area (Å²) in [5, 5.41) is 0.884. The van der Waals surface area contributed by atoms with Gasteiger partial charge in [-0.25, -0.2) is 0 Å². The van der Waals surface area contributed by atoms with Crippen molar-refractivity contribution in [2.45, 2.75) is 13.3 Å². The maximum Gasteiger partial charge on any atom is 0.0677 e. The normalized spacial score (nSPS) is 17.8. The van der Waals surface area contributed by atoms with E-state index >= 15 is 0 Å². The maximum absolute atomic E-state index is 6.39. The first-order chi connectivity index (χ1) is 7.72. The van der Waals surface area contributed by atoms with Gasteiger partial charge in [-0.1, -0.05) is 30.7 Å². The second kappa shape index (κ2) is 5.07. The van der Waals surface area contributed by atoms with Crippen molar-refractivity contribution in [2.24, 2.45) is 0 Å².